The Kier molecular flexibility index (Phi) is 4.88. The fraction of sp³-hybridized carbons (Fsp3) is 0.500. The van der Waals surface area contributed by atoms with Crippen molar-refractivity contribution in [3.63, 3.8) is 0 Å². The van der Waals surface area contributed by atoms with Gasteiger partial charge < -0.3 is 9.88 Å². The standard InChI is InChI=1S/C18H25N3O2/c1-12(13(2)22)21-15-9-7-6-8-14(15)20-16(21)10-11-19-17(23)18(3,4)5/h6-9,12H,10-11H2,1-5H3,(H,19,23). The maximum absolute atomic E-state index is 12.0. The van der Waals surface area contributed by atoms with Crippen molar-refractivity contribution in [2.75, 3.05) is 6.54 Å². The fourth-order valence-corrected chi connectivity index (χ4v) is 2.44. The van der Waals surface area contributed by atoms with E-state index in [1.54, 1.807) is 6.92 Å². The molecule has 0 saturated heterocycles. The molecule has 0 bridgehead atoms. The molecule has 1 N–H and O–H groups in total. The summed E-state index contributed by atoms with van der Waals surface area (Å²) in [6.07, 6.45) is 0.591. The van der Waals surface area contributed by atoms with Crippen molar-refractivity contribution in [3.8, 4) is 0 Å². The fourth-order valence-electron chi connectivity index (χ4n) is 2.44. The molecule has 0 spiro atoms. The average molecular weight is 315 g/mol. The predicted molar refractivity (Wildman–Crippen MR) is 91.3 cm³/mol. The summed E-state index contributed by atoms with van der Waals surface area (Å²) in [5, 5.41) is 2.93. The molecule has 1 unspecified atom stereocenters. The lowest BCUT2D eigenvalue weighted by Crippen LogP contribution is -2.36. The number of hydrogen-bond donors (Lipinski definition) is 1. The molecule has 23 heavy (non-hydrogen) atoms. The number of imidazole rings is 1. The average Bonchev–Trinajstić information content (AvgIpc) is 2.83. The minimum absolute atomic E-state index is 0.0137. The van der Waals surface area contributed by atoms with Crippen LogP contribution >= 0.6 is 0 Å². The second-order valence-electron chi connectivity index (χ2n) is 6.93. The molecule has 0 fully saturated rings. The third-order valence-electron chi connectivity index (χ3n) is 3.96. The second-order valence-corrected chi connectivity index (χ2v) is 6.93. The molecule has 0 aliphatic rings. The summed E-state index contributed by atoms with van der Waals surface area (Å²) in [5.41, 5.74) is 1.41. The van der Waals surface area contributed by atoms with Crippen molar-refractivity contribution in [2.24, 2.45) is 5.41 Å². The molecular weight excluding hydrogens is 290 g/mol. The number of fused-ring (bicyclic) bond motifs is 1. The van der Waals surface area contributed by atoms with Crippen molar-refractivity contribution in [1.82, 2.24) is 14.9 Å². The lowest BCUT2D eigenvalue weighted by Gasteiger charge is -2.18. The number of para-hydroxylation sites is 2. The topological polar surface area (TPSA) is 64.0 Å². The molecular formula is C18H25N3O2. The Morgan fingerprint density at radius 2 is 1.91 bits per heavy atom. The number of ketones is 1. The van der Waals surface area contributed by atoms with Crippen LogP contribution in [0.25, 0.3) is 11.0 Å². The number of carbonyl (C=O) groups is 2. The van der Waals surface area contributed by atoms with Gasteiger partial charge in [0.15, 0.2) is 5.78 Å². The first-order chi connectivity index (χ1) is 10.7. The van der Waals surface area contributed by atoms with Gasteiger partial charge in [0.2, 0.25) is 5.91 Å². The SMILES string of the molecule is CC(=O)C(C)n1c(CCNC(=O)C(C)(C)C)nc2ccccc21. The molecule has 124 valence electrons. The van der Waals surface area contributed by atoms with Crippen LogP contribution in [0.5, 0.6) is 0 Å². The highest BCUT2D eigenvalue weighted by Gasteiger charge is 2.22. The summed E-state index contributed by atoms with van der Waals surface area (Å²) in [7, 11) is 0. The number of nitrogens with one attached hydrogen (secondary N) is 1. The number of Topliss-reactive ketones (excluding diaryl/α,β-unsaturated/α-hetero) is 1. The van der Waals surface area contributed by atoms with Crippen molar-refractivity contribution < 1.29 is 9.59 Å². The Morgan fingerprint density at radius 1 is 1.26 bits per heavy atom. The minimum Gasteiger partial charge on any atom is -0.355 e. The van der Waals surface area contributed by atoms with E-state index in [-0.39, 0.29) is 17.7 Å². The van der Waals surface area contributed by atoms with Crippen molar-refractivity contribution in [3.05, 3.63) is 30.1 Å². The van der Waals surface area contributed by atoms with Crippen LogP contribution in [0, 0.1) is 5.41 Å². The Balaban J connectivity index is 2.24. The highest BCUT2D eigenvalue weighted by molar-refractivity contribution is 5.84. The first kappa shape index (κ1) is 17.2. The summed E-state index contributed by atoms with van der Waals surface area (Å²) in [6, 6.07) is 7.52. The van der Waals surface area contributed by atoms with Gasteiger partial charge in [0.25, 0.3) is 0 Å². The Morgan fingerprint density at radius 3 is 2.52 bits per heavy atom. The molecule has 1 aromatic heterocycles. The molecule has 0 radical (unpaired) electrons. The van der Waals surface area contributed by atoms with Gasteiger partial charge in [-0.15, -0.1) is 0 Å². The first-order valence-corrected chi connectivity index (χ1v) is 7.96. The number of benzene rings is 1. The minimum atomic E-state index is -0.410. The van der Waals surface area contributed by atoms with Crippen LogP contribution in [-0.4, -0.2) is 27.8 Å². The van der Waals surface area contributed by atoms with Crippen molar-refractivity contribution >= 4 is 22.7 Å². The first-order valence-electron chi connectivity index (χ1n) is 7.96. The molecule has 2 rings (SSSR count). The number of amides is 1. The molecule has 5 heteroatoms. The molecule has 1 heterocycles. The van der Waals surface area contributed by atoms with Crippen LogP contribution in [-0.2, 0) is 16.0 Å². The zero-order valence-electron chi connectivity index (χ0n) is 14.5. The Bertz CT molecular complexity index is 725. The second kappa shape index (κ2) is 6.52. The van der Waals surface area contributed by atoms with Crippen molar-refractivity contribution in [2.45, 2.75) is 47.1 Å². The van der Waals surface area contributed by atoms with E-state index in [4.69, 9.17) is 0 Å². The highest BCUT2D eigenvalue weighted by Crippen LogP contribution is 2.22. The van der Waals surface area contributed by atoms with Gasteiger partial charge in [-0.25, -0.2) is 4.98 Å². The third-order valence-corrected chi connectivity index (χ3v) is 3.96. The number of rotatable bonds is 5. The summed E-state index contributed by atoms with van der Waals surface area (Å²) < 4.78 is 1.97. The molecule has 1 atom stereocenters. The maximum Gasteiger partial charge on any atom is 0.225 e. The number of nitrogens with zero attached hydrogens (tertiary/aromatic N) is 2. The van der Waals surface area contributed by atoms with E-state index in [9.17, 15) is 9.59 Å². The van der Waals surface area contributed by atoms with Gasteiger partial charge >= 0.3 is 0 Å². The van der Waals surface area contributed by atoms with E-state index in [2.05, 4.69) is 10.3 Å². The van der Waals surface area contributed by atoms with E-state index < -0.39 is 5.41 Å². The number of aromatic nitrogens is 2. The van der Waals surface area contributed by atoms with E-state index in [0.29, 0.717) is 13.0 Å². The predicted octanol–water partition coefficient (Wildman–Crippen LogP) is 2.89. The normalized spacial score (nSPS) is 13.1. The Hall–Kier alpha value is -2.17. The van der Waals surface area contributed by atoms with Gasteiger partial charge in [0, 0.05) is 18.4 Å². The van der Waals surface area contributed by atoms with Gasteiger partial charge in [-0.1, -0.05) is 32.9 Å². The van der Waals surface area contributed by atoms with Crippen LogP contribution < -0.4 is 5.32 Å². The third kappa shape index (κ3) is 3.78. The molecule has 1 amide bonds. The van der Waals surface area contributed by atoms with Gasteiger partial charge in [-0.2, -0.15) is 0 Å². The van der Waals surface area contributed by atoms with Crippen LogP contribution in [0.3, 0.4) is 0 Å². The molecule has 1 aromatic carbocycles. The van der Waals surface area contributed by atoms with Gasteiger partial charge in [-0.3, -0.25) is 9.59 Å². The Labute approximate surface area is 137 Å². The molecule has 2 aromatic rings. The van der Waals surface area contributed by atoms with Crippen LogP contribution in [0.4, 0.5) is 0 Å². The van der Waals surface area contributed by atoms with Crippen molar-refractivity contribution in [1.29, 1.82) is 0 Å². The van der Waals surface area contributed by atoms with Gasteiger partial charge in [0.1, 0.15) is 5.82 Å². The van der Waals surface area contributed by atoms with E-state index in [1.165, 1.54) is 0 Å². The zero-order chi connectivity index (χ0) is 17.2. The maximum atomic E-state index is 12.0. The lowest BCUT2D eigenvalue weighted by atomic mass is 9.96. The van der Waals surface area contributed by atoms with E-state index in [0.717, 1.165) is 16.9 Å². The zero-order valence-corrected chi connectivity index (χ0v) is 14.5. The van der Waals surface area contributed by atoms with E-state index in [1.807, 2.05) is 56.5 Å². The van der Waals surface area contributed by atoms with E-state index >= 15 is 0 Å². The highest BCUT2D eigenvalue weighted by atomic mass is 16.2. The molecule has 0 aliphatic heterocycles. The summed E-state index contributed by atoms with van der Waals surface area (Å²) in [5.74, 6) is 0.927. The quantitative estimate of drug-likeness (QED) is 0.922. The molecule has 5 nitrogen and oxygen atoms in total. The smallest absolute Gasteiger partial charge is 0.225 e. The summed E-state index contributed by atoms with van der Waals surface area (Å²) >= 11 is 0. The summed E-state index contributed by atoms with van der Waals surface area (Å²) in [4.78, 5) is 28.4. The van der Waals surface area contributed by atoms with Gasteiger partial charge in [-0.05, 0) is 26.0 Å². The number of hydrogen-bond acceptors (Lipinski definition) is 3. The lowest BCUT2D eigenvalue weighted by molar-refractivity contribution is -0.128. The van der Waals surface area contributed by atoms with Crippen LogP contribution in [0.1, 0.15) is 46.5 Å². The monoisotopic (exact) mass is 315 g/mol. The van der Waals surface area contributed by atoms with Gasteiger partial charge in [0.05, 0.1) is 17.1 Å². The largest absolute Gasteiger partial charge is 0.355 e. The molecule has 0 aliphatic carbocycles. The van der Waals surface area contributed by atoms with Crippen LogP contribution in [0.2, 0.25) is 0 Å². The summed E-state index contributed by atoms with van der Waals surface area (Å²) in [6.45, 7) is 9.63. The molecule has 0 saturated carbocycles. The van der Waals surface area contributed by atoms with Crippen LogP contribution in [0.15, 0.2) is 24.3 Å². The number of carbonyl (C=O) groups excluding carboxylic acids is 2.